The summed E-state index contributed by atoms with van der Waals surface area (Å²) in [6.07, 6.45) is 0.992. The Labute approximate surface area is 165 Å². The molecule has 2 amide bonds. The Morgan fingerprint density at radius 3 is 2.50 bits per heavy atom. The molecule has 1 fully saturated rings. The van der Waals surface area contributed by atoms with Gasteiger partial charge in [0.1, 0.15) is 5.75 Å². The summed E-state index contributed by atoms with van der Waals surface area (Å²) >= 11 is 0. The van der Waals surface area contributed by atoms with Gasteiger partial charge in [0.05, 0.1) is 6.61 Å². The maximum Gasteiger partial charge on any atom is 0.253 e. The zero-order valence-electron chi connectivity index (χ0n) is 16.1. The second kappa shape index (κ2) is 8.02. The number of hydrogen-bond acceptors (Lipinski definition) is 4. The van der Waals surface area contributed by atoms with Gasteiger partial charge in [0.25, 0.3) is 5.91 Å². The van der Waals surface area contributed by atoms with Crippen LogP contribution in [-0.4, -0.2) is 54.4 Å². The van der Waals surface area contributed by atoms with Crippen LogP contribution in [0, 0.1) is 0 Å². The normalized spacial score (nSPS) is 16.4. The first kappa shape index (κ1) is 18.5. The highest BCUT2D eigenvalue weighted by molar-refractivity contribution is 5.95. The summed E-state index contributed by atoms with van der Waals surface area (Å²) in [5, 5.41) is 2.72. The van der Waals surface area contributed by atoms with Crippen LogP contribution in [0.1, 0.15) is 28.4 Å². The number of ether oxygens (including phenoxy) is 1. The van der Waals surface area contributed by atoms with Crippen molar-refractivity contribution in [3.05, 3.63) is 59.2 Å². The Morgan fingerprint density at radius 1 is 1.04 bits per heavy atom. The first-order chi connectivity index (χ1) is 13.6. The molecule has 4 rings (SSSR count). The first-order valence-electron chi connectivity index (χ1n) is 9.72. The van der Waals surface area contributed by atoms with E-state index in [1.54, 1.807) is 24.3 Å². The molecule has 146 valence electrons. The van der Waals surface area contributed by atoms with Crippen molar-refractivity contribution in [2.24, 2.45) is 0 Å². The van der Waals surface area contributed by atoms with Gasteiger partial charge in [-0.15, -0.1) is 0 Å². The zero-order chi connectivity index (χ0) is 19.5. The topological polar surface area (TPSA) is 61.9 Å². The molecule has 2 aliphatic heterocycles. The van der Waals surface area contributed by atoms with Crippen LogP contribution in [0.4, 0.5) is 5.69 Å². The standard InChI is InChI=1S/C22H25N3O3/c1-16(26)23-20-5-3-18(4-6-20)22(27)25-11-9-24(10-12-25)15-17-2-7-21-19(14-17)8-13-28-21/h2-7,14H,8-13,15H2,1H3,(H,23,26). The van der Waals surface area contributed by atoms with Gasteiger partial charge in [-0.25, -0.2) is 0 Å². The van der Waals surface area contributed by atoms with Gasteiger partial charge in [-0.05, 0) is 41.5 Å². The third-order valence-corrected chi connectivity index (χ3v) is 5.27. The van der Waals surface area contributed by atoms with Gasteiger partial charge in [0, 0.05) is 57.3 Å². The molecule has 28 heavy (non-hydrogen) atoms. The highest BCUT2D eigenvalue weighted by Gasteiger charge is 2.22. The van der Waals surface area contributed by atoms with E-state index in [1.807, 2.05) is 4.90 Å². The molecule has 0 spiro atoms. The Morgan fingerprint density at radius 2 is 1.79 bits per heavy atom. The van der Waals surface area contributed by atoms with Crippen molar-refractivity contribution in [3.8, 4) is 5.75 Å². The van der Waals surface area contributed by atoms with Crippen LogP contribution in [0.15, 0.2) is 42.5 Å². The second-order valence-electron chi connectivity index (χ2n) is 7.37. The van der Waals surface area contributed by atoms with Gasteiger partial charge in [-0.3, -0.25) is 14.5 Å². The molecule has 1 N–H and O–H groups in total. The summed E-state index contributed by atoms with van der Waals surface area (Å²) in [5.74, 6) is 0.943. The first-order valence-corrected chi connectivity index (χ1v) is 9.72. The van der Waals surface area contributed by atoms with E-state index in [4.69, 9.17) is 4.74 Å². The summed E-state index contributed by atoms with van der Waals surface area (Å²) in [6, 6.07) is 13.5. The Balaban J connectivity index is 1.31. The number of carbonyl (C=O) groups excluding carboxylic acids is 2. The molecule has 1 saturated heterocycles. The summed E-state index contributed by atoms with van der Waals surface area (Å²) in [5.41, 5.74) is 3.96. The summed E-state index contributed by atoms with van der Waals surface area (Å²) in [6.45, 7) is 6.33. The lowest BCUT2D eigenvalue weighted by molar-refractivity contribution is -0.114. The number of amides is 2. The average Bonchev–Trinajstić information content (AvgIpc) is 3.16. The molecule has 0 unspecified atom stereocenters. The van der Waals surface area contributed by atoms with E-state index in [0.29, 0.717) is 11.3 Å². The van der Waals surface area contributed by atoms with E-state index in [2.05, 4.69) is 28.4 Å². The monoisotopic (exact) mass is 379 g/mol. The predicted molar refractivity (Wildman–Crippen MR) is 108 cm³/mol. The molecular weight excluding hydrogens is 354 g/mol. The van der Waals surface area contributed by atoms with Gasteiger partial charge >= 0.3 is 0 Å². The minimum Gasteiger partial charge on any atom is -0.493 e. The maximum atomic E-state index is 12.7. The van der Waals surface area contributed by atoms with Crippen molar-refractivity contribution in [3.63, 3.8) is 0 Å². The van der Waals surface area contributed by atoms with Crippen LogP contribution in [0.5, 0.6) is 5.75 Å². The van der Waals surface area contributed by atoms with Gasteiger partial charge in [-0.2, -0.15) is 0 Å². The Bertz CT molecular complexity index is 871. The van der Waals surface area contributed by atoms with Crippen molar-refractivity contribution in [1.82, 2.24) is 9.80 Å². The van der Waals surface area contributed by atoms with Crippen LogP contribution in [0.25, 0.3) is 0 Å². The van der Waals surface area contributed by atoms with Gasteiger partial charge in [0.2, 0.25) is 5.91 Å². The van der Waals surface area contributed by atoms with Crippen LogP contribution >= 0.6 is 0 Å². The fourth-order valence-electron chi connectivity index (χ4n) is 3.79. The molecule has 0 radical (unpaired) electrons. The number of piperazine rings is 1. The van der Waals surface area contributed by atoms with Crippen LogP contribution < -0.4 is 10.1 Å². The van der Waals surface area contributed by atoms with E-state index in [0.717, 1.165) is 51.5 Å². The van der Waals surface area contributed by atoms with Crippen LogP contribution in [-0.2, 0) is 17.8 Å². The van der Waals surface area contributed by atoms with Crippen molar-refractivity contribution in [2.45, 2.75) is 19.9 Å². The molecule has 0 aliphatic carbocycles. The Hall–Kier alpha value is -2.86. The number of benzene rings is 2. The van der Waals surface area contributed by atoms with Gasteiger partial charge in [0.15, 0.2) is 0 Å². The fourth-order valence-corrected chi connectivity index (χ4v) is 3.79. The van der Waals surface area contributed by atoms with E-state index < -0.39 is 0 Å². The molecule has 0 atom stereocenters. The number of nitrogens with zero attached hydrogens (tertiary/aromatic N) is 2. The molecule has 0 saturated carbocycles. The highest BCUT2D eigenvalue weighted by Crippen LogP contribution is 2.26. The fraction of sp³-hybridized carbons (Fsp3) is 0.364. The molecule has 2 aromatic carbocycles. The molecule has 6 heteroatoms. The van der Waals surface area contributed by atoms with Crippen molar-refractivity contribution >= 4 is 17.5 Å². The number of carbonyl (C=O) groups is 2. The molecular formula is C22H25N3O3. The Kier molecular flexibility index (Phi) is 5.30. The zero-order valence-corrected chi connectivity index (χ0v) is 16.1. The number of anilines is 1. The summed E-state index contributed by atoms with van der Waals surface area (Å²) < 4.78 is 5.57. The molecule has 2 heterocycles. The summed E-state index contributed by atoms with van der Waals surface area (Å²) in [7, 11) is 0. The smallest absolute Gasteiger partial charge is 0.253 e. The van der Waals surface area contributed by atoms with Crippen LogP contribution in [0.2, 0.25) is 0 Å². The lowest BCUT2D eigenvalue weighted by Crippen LogP contribution is -2.48. The average molecular weight is 379 g/mol. The van der Waals surface area contributed by atoms with Crippen molar-refractivity contribution in [1.29, 1.82) is 0 Å². The minimum atomic E-state index is -0.119. The lowest BCUT2D eigenvalue weighted by Gasteiger charge is -2.35. The molecule has 2 aliphatic rings. The molecule has 0 bridgehead atoms. The van der Waals surface area contributed by atoms with E-state index in [-0.39, 0.29) is 11.8 Å². The van der Waals surface area contributed by atoms with Gasteiger partial charge < -0.3 is 15.0 Å². The maximum absolute atomic E-state index is 12.7. The third kappa shape index (κ3) is 4.17. The number of rotatable bonds is 4. The third-order valence-electron chi connectivity index (χ3n) is 5.27. The minimum absolute atomic E-state index is 0.0451. The lowest BCUT2D eigenvalue weighted by atomic mass is 10.1. The number of nitrogens with one attached hydrogen (secondary N) is 1. The molecule has 6 nitrogen and oxygen atoms in total. The SMILES string of the molecule is CC(=O)Nc1ccc(C(=O)N2CCN(Cc3ccc4c(c3)CCO4)CC2)cc1. The number of fused-ring (bicyclic) bond motifs is 1. The van der Waals surface area contributed by atoms with Crippen molar-refractivity contribution < 1.29 is 14.3 Å². The second-order valence-corrected chi connectivity index (χ2v) is 7.37. The molecule has 0 aromatic heterocycles. The van der Waals surface area contributed by atoms with Gasteiger partial charge in [-0.1, -0.05) is 12.1 Å². The number of hydrogen-bond donors (Lipinski definition) is 1. The largest absolute Gasteiger partial charge is 0.493 e. The quantitative estimate of drug-likeness (QED) is 0.887. The molecule has 2 aromatic rings. The predicted octanol–water partition coefficient (Wildman–Crippen LogP) is 2.54. The summed E-state index contributed by atoms with van der Waals surface area (Å²) in [4.78, 5) is 28.1. The van der Waals surface area contributed by atoms with Crippen LogP contribution in [0.3, 0.4) is 0 Å². The van der Waals surface area contributed by atoms with Crippen molar-refractivity contribution in [2.75, 3.05) is 38.1 Å². The van der Waals surface area contributed by atoms with E-state index >= 15 is 0 Å². The highest BCUT2D eigenvalue weighted by atomic mass is 16.5. The van der Waals surface area contributed by atoms with E-state index in [1.165, 1.54) is 18.1 Å². The van der Waals surface area contributed by atoms with E-state index in [9.17, 15) is 9.59 Å².